The smallest absolute Gasteiger partial charge is 0.282 e. The van der Waals surface area contributed by atoms with Crippen LogP contribution >= 0.6 is 11.6 Å². The summed E-state index contributed by atoms with van der Waals surface area (Å²) in [6.45, 7) is -0.764. The number of hydrogen-bond donors (Lipinski definition) is 1. The lowest BCUT2D eigenvalue weighted by Crippen LogP contribution is -2.58. The van der Waals surface area contributed by atoms with Crippen molar-refractivity contribution in [1.82, 2.24) is 4.90 Å². The molecule has 1 amide bonds. The number of nitrogens with zero attached hydrogens (tertiary/aromatic N) is 1. The summed E-state index contributed by atoms with van der Waals surface area (Å²) in [7, 11) is 0. The Kier molecular flexibility index (Phi) is 3.97. The van der Waals surface area contributed by atoms with Gasteiger partial charge in [0, 0.05) is 10.9 Å². The number of fused-ring (bicyclic) bond motifs is 1. The molecule has 1 saturated heterocycles. The van der Waals surface area contributed by atoms with E-state index >= 15 is 0 Å². The summed E-state index contributed by atoms with van der Waals surface area (Å²) in [4.78, 5) is 13.3. The number of carbonyl (C=O) groups excluding carboxylic acids is 1. The minimum atomic E-state index is -2.77. The van der Waals surface area contributed by atoms with Gasteiger partial charge in [-0.1, -0.05) is 23.7 Å². The van der Waals surface area contributed by atoms with Crippen LogP contribution in [0.5, 0.6) is 0 Å². The van der Waals surface area contributed by atoms with E-state index in [1.54, 1.807) is 30.3 Å². The van der Waals surface area contributed by atoms with E-state index in [9.17, 15) is 13.6 Å². The third-order valence-corrected chi connectivity index (χ3v) is 4.70. The predicted molar refractivity (Wildman–Crippen MR) is 95.4 cm³/mol. The molecule has 4 nitrogen and oxygen atoms in total. The number of benzene rings is 2. The van der Waals surface area contributed by atoms with Crippen molar-refractivity contribution in [3.63, 3.8) is 0 Å². The molecule has 4 rings (SSSR count). The lowest BCUT2D eigenvalue weighted by Gasteiger charge is -2.38. The van der Waals surface area contributed by atoms with Crippen LogP contribution in [0.2, 0.25) is 5.02 Å². The molecular formula is C19H15ClF2N2O2. The van der Waals surface area contributed by atoms with Crippen LogP contribution in [0, 0.1) is 0 Å². The molecule has 3 aromatic rings. The monoisotopic (exact) mass is 376 g/mol. The highest BCUT2D eigenvalue weighted by atomic mass is 35.5. The Hall–Kier alpha value is -2.44. The number of furan rings is 1. The topological polar surface area (TPSA) is 59.5 Å². The Balaban J connectivity index is 1.61. The third kappa shape index (κ3) is 2.95. The van der Waals surface area contributed by atoms with E-state index in [0.717, 1.165) is 21.4 Å². The molecule has 0 atom stereocenters. The Morgan fingerprint density at radius 2 is 1.85 bits per heavy atom. The molecule has 7 heteroatoms. The van der Waals surface area contributed by atoms with Gasteiger partial charge in [0.2, 0.25) is 0 Å². The summed E-state index contributed by atoms with van der Waals surface area (Å²) in [5, 5.41) is 1.32. The molecule has 1 aromatic heterocycles. The van der Waals surface area contributed by atoms with Gasteiger partial charge in [-0.15, -0.1) is 0 Å². The second-order valence-electron chi connectivity index (χ2n) is 6.39. The van der Waals surface area contributed by atoms with Crippen molar-refractivity contribution in [3.05, 3.63) is 58.8 Å². The fourth-order valence-corrected chi connectivity index (χ4v) is 3.34. The number of likely N-dealkylation sites (tertiary alicyclic amines) is 1. The molecule has 0 radical (unpaired) electrons. The molecular weight excluding hydrogens is 362 g/mol. The molecule has 1 aliphatic rings. The van der Waals surface area contributed by atoms with Gasteiger partial charge in [0.1, 0.15) is 5.76 Å². The lowest BCUT2D eigenvalue weighted by atomic mass is 10.0. The molecule has 134 valence electrons. The van der Waals surface area contributed by atoms with Gasteiger partial charge >= 0.3 is 0 Å². The van der Waals surface area contributed by atoms with E-state index in [1.165, 1.54) is 0 Å². The van der Waals surface area contributed by atoms with Gasteiger partial charge < -0.3 is 15.1 Å². The average molecular weight is 377 g/mol. The number of rotatable bonds is 3. The van der Waals surface area contributed by atoms with Crippen molar-refractivity contribution in [2.45, 2.75) is 12.5 Å². The normalized spacial score (nSPS) is 15.9. The number of alkyl halides is 2. The number of nitrogens with two attached hydrogens (primary N) is 1. The molecule has 0 saturated carbocycles. The summed E-state index contributed by atoms with van der Waals surface area (Å²) >= 11 is 6.29. The average Bonchev–Trinajstić information content (AvgIpc) is 3.03. The number of carbonyl (C=O) groups is 1. The Morgan fingerprint density at radius 1 is 1.15 bits per heavy atom. The van der Waals surface area contributed by atoms with Gasteiger partial charge in [0.25, 0.3) is 11.8 Å². The molecule has 1 aliphatic heterocycles. The first kappa shape index (κ1) is 17.0. The molecule has 2 heterocycles. The quantitative estimate of drug-likeness (QED) is 0.741. The largest absolute Gasteiger partial charge is 0.458 e. The van der Waals surface area contributed by atoms with Crippen molar-refractivity contribution in [2.75, 3.05) is 13.1 Å². The van der Waals surface area contributed by atoms with Gasteiger partial charge in [-0.25, -0.2) is 8.78 Å². The maximum absolute atomic E-state index is 12.9. The first-order valence-corrected chi connectivity index (χ1v) is 8.44. The van der Waals surface area contributed by atoms with Gasteiger partial charge in [-0.3, -0.25) is 4.79 Å². The van der Waals surface area contributed by atoms with E-state index < -0.39 is 24.9 Å². The molecule has 0 aliphatic carbocycles. The van der Waals surface area contributed by atoms with E-state index in [-0.39, 0.29) is 6.54 Å². The van der Waals surface area contributed by atoms with Crippen molar-refractivity contribution in [2.24, 2.45) is 5.73 Å². The SMILES string of the molecule is NCc1cc2cc(-c3ccc(C(=O)N4CC(F)(F)C4)cc3)cc(Cl)c2o1. The lowest BCUT2D eigenvalue weighted by molar-refractivity contribution is -0.113. The Morgan fingerprint density at radius 3 is 2.46 bits per heavy atom. The summed E-state index contributed by atoms with van der Waals surface area (Å²) < 4.78 is 31.4. The first-order valence-electron chi connectivity index (χ1n) is 8.06. The zero-order chi connectivity index (χ0) is 18.5. The molecule has 26 heavy (non-hydrogen) atoms. The van der Waals surface area contributed by atoms with Crippen LogP contribution in [-0.4, -0.2) is 29.8 Å². The van der Waals surface area contributed by atoms with Crippen LogP contribution < -0.4 is 5.73 Å². The fourth-order valence-electron chi connectivity index (χ4n) is 3.07. The molecule has 2 N–H and O–H groups in total. The molecule has 0 unspecified atom stereocenters. The van der Waals surface area contributed by atoms with Crippen LogP contribution in [0.3, 0.4) is 0 Å². The van der Waals surface area contributed by atoms with E-state index in [2.05, 4.69) is 0 Å². The predicted octanol–water partition coefficient (Wildman–Crippen LogP) is 4.30. The Labute approximate surface area is 153 Å². The maximum Gasteiger partial charge on any atom is 0.282 e. The van der Waals surface area contributed by atoms with Crippen molar-refractivity contribution in [1.29, 1.82) is 0 Å². The highest BCUT2D eigenvalue weighted by Crippen LogP contribution is 2.33. The number of amides is 1. The summed E-state index contributed by atoms with van der Waals surface area (Å²) in [6, 6.07) is 12.4. The number of hydrogen-bond acceptors (Lipinski definition) is 3. The third-order valence-electron chi connectivity index (χ3n) is 4.42. The van der Waals surface area contributed by atoms with Crippen molar-refractivity contribution < 1.29 is 18.0 Å². The van der Waals surface area contributed by atoms with E-state index in [0.29, 0.717) is 21.9 Å². The van der Waals surface area contributed by atoms with Gasteiger partial charge in [0.15, 0.2) is 5.58 Å². The van der Waals surface area contributed by atoms with Crippen LogP contribution in [-0.2, 0) is 6.54 Å². The summed E-state index contributed by atoms with van der Waals surface area (Å²) in [6.07, 6.45) is 0. The molecule has 2 aromatic carbocycles. The van der Waals surface area contributed by atoms with E-state index in [1.807, 2.05) is 12.1 Å². The minimum Gasteiger partial charge on any atom is -0.458 e. The molecule has 1 fully saturated rings. The molecule has 0 bridgehead atoms. The molecule has 0 spiro atoms. The summed E-state index contributed by atoms with van der Waals surface area (Å²) in [5.74, 6) is -2.51. The van der Waals surface area contributed by atoms with E-state index in [4.69, 9.17) is 21.8 Å². The Bertz CT molecular complexity index is 991. The van der Waals surface area contributed by atoms with Gasteiger partial charge in [-0.2, -0.15) is 0 Å². The highest BCUT2D eigenvalue weighted by Gasteiger charge is 2.46. The maximum atomic E-state index is 12.9. The van der Waals surface area contributed by atoms with Crippen LogP contribution in [0.1, 0.15) is 16.1 Å². The zero-order valence-electron chi connectivity index (χ0n) is 13.6. The van der Waals surface area contributed by atoms with Crippen molar-refractivity contribution >= 4 is 28.5 Å². The van der Waals surface area contributed by atoms with Crippen molar-refractivity contribution in [3.8, 4) is 11.1 Å². The van der Waals surface area contributed by atoms with Gasteiger partial charge in [-0.05, 0) is 41.5 Å². The number of halogens is 3. The second-order valence-corrected chi connectivity index (χ2v) is 6.79. The van der Waals surface area contributed by atoms with Crippen LogP contribution in [0.25, 0.3) is 22.1 Å². The second kappa shape index (κ2) is 6.07. The first-order chi connectivity index (χ1) is 12.4. The standard InChI is InChI=1S/C19H15ClF2N2O2/c20-16-7-13(5-14-6-15(8-23)26-17(14)16)11-1-3-12(4-2-11)18(25)24-9-19(21,22)10-24/h1-7H,8-10,23H2. The zero-order valence-corrected chi connectivity index (χ0v) is 14.4. The van der Waals surface area contributed by atoms with Crippen LogP contribution in [0.15, 0.2) is 46.9 Å². The fraction of sp³-hybridized carbons (Fsp3) is 0.211. The van der Waals surface area contributed by atoms with Crippen LogP contribution in [0.4, 0.5) is 8.78 Å². The van der Waals surface area contributed by atoms with Gasteiger partial charge in [0.05, 0.1) is 24.7 Å². The summed E-state index contributed by atoms with van der Waals surface area (Å²) in [5.41, 5.74) is 8.28. The highest BCUT2D eigenvalue weighted by molar-refractivity contribution is 6.35. The minimum absolute atomic E-state index is 0.284.